The Kier molecular flexibility index (Phi) is 4.55. The van der Waals surface area contributed by atoms with Crippen molar-refractivity contribution in [1.82, 2.24) is 34.7 Å². The van der Waals surface area contributed by atoms with E-state index in [1.54, 1.807) is 11.3 Å². The van der Waals surface area contributed by atoms with E-state index in [2.05, 4.69) is 63.3 Å². The molecule has 0 atom stereocenters. The first-order chi connectivity index (χ1) is 16.1. The van der Waals surface area contributed by atoms with E-state index in [1.807, 2.05) is 42.6 Å². The molecular weight excluding hydrogens is 430 g/mol. The predicted octanol–water partition coefficient (Wildman–Crippen LogP) is 5.57. The van der Waals surface area contributed by atoms with Gasteiger partial charge in [-0.1, -0.05) is 6.92 Å². The van der Waals surface area contributed by atoms with Crippen molar-refractivity contribution >= 4 is 33.4 Å². The third-order valence-corrected chi connectivity index (χ3v) is 7.00. The van der Waals surface area contributed by atoms with E-state index in [4.69, 9.17) is 4.98 Å². The molecule has 0 saturated heterocycles. The lowest BCUT2D eigenvalue weighted by atomic mass is 10.1. The first-order valence-corrected chi connectivity index (χ1v) is 11.6. The van der Waals surface area contributed by atoms with E-state index in [1.165, 1.54) is 10.4 Å². The van der Waals surface area contributed by atoms with Crippen molar-refractivity contribution in [3.63, 3.8) is 0 Å². The summed E-state index contributed by atoms with van der Waals surface area (Å²) in [4.78, 5) is 20.9. The molecule has 0 radical (unpaired) electrons. The SMILES string of the molecule is CCc1cncc(-c2cnc3[nH]nc(-c4nc5c(-c6ccc(C)s6)cncc5n4C)c3c2)c1. The number of nitrogens with zero attached hydrogens (tertiary/aromatic N) is 6. The number of pyridine rings is 3. The fraction of sp³-hybridized carbons (Fsp3) is 0.160. The number of H-pyrrole nitrogens is 1. The van der Waals surface area contributed by atoms with Gasteiger partial charge in [0.05, 0.1) is 17.1 Å². The van der Waals surface area contributed by atoms with E-state index in [0.29, 0.717) is 0 Å². The van der Waals surface area contributed by atoms with Gasteiger partial charge < -0.3 is 4.57 Å². The van der Waals surface area contributed by atoms with Crippen LogP contribution in [-0.2, 0) is 13.5 Å². The Morgan fingerprint density at radius 3 is 2.67 bits per heavy atom. The van der Waals surface area contributed by atoms with Crippen LogP contribution in [0.1, 0.15) is 17.4 Å². The van der Waals surface area contributed by atoms with Crippen LogP contribution in [0.15, 0.2) is 55.2 Å². The second kappa shape index (κ2) is 7.60. The van der Waals surface area contributed by atoms with Gasteiger partial charge in [-0.2, -0.15) is 5.10 Å². The second-order valence-electron chi connectivity index (χ2n) is 8.09. The Balaban J connectivity index is 1.53. The average Bonchev–Trinajstić information content (AvgIpc) is 3.55. The molecule has 0 bridgehead atoms. The minimum absolute atomic E-state index is 0.729. The van der Waals surface area contributed by atoms with Gasteiger partial charge in [0.15, 0.2) is 11.5 Å². The van der Waals surface area contributed by atoms with Crippen molar-refractivity contribution in [2.75, 3.05) is 0 Å². The molecule has 6 aromatic rings. The van der Waals surface area contributed by atoms with E-state index >= 15 is 0 Å². The van der Waals surface area contributed by atoms with Crippen LogP contribution in [0.4, 0.5) is 0 Å². The molecule has 0 unspecified atom stereocenters. The topological polar surface area (TPSA) is 85.2 Å². The van der Waals surface area contributed by atoms with Gasteiger partial charge in [-0.25, -0.2) is 9.97 Å². The highest BCUT2D eigenvalue weighted by Crippen LogP contribution is 2.35. The molecule has 0 aromatic carbocycles. The molecule has 6 rings (SSSR count). The Hall–Kier alpha value is -3.91. The summed E-state index contributed by atoms with van der Waals surface area (Å²) < 4.78 is 2.05. The third-order valence-electron chi connectivity index (χ3n) is 5.97. The minimum Gasteiger partial charge on any atom is -0.324 e. The average molecular weight is 452 g/mol. The van der Waals surface area contributed by atoms with Gasteiger partial charge in [-0.3, -0.25) is 15.1 Å². The molecule has 0 fully saturated rings. The molecule has 33 heavy (non-hydrogen) atoms. The standard InChI is InChI=1S/C25H21N7S/c1-4-15-7-16(10-26-9-15)17-8-18-23(30-31-24(18)28-11-17)25-29-22-19(21-6-5-14(2)33-21)12-27-13-20(22)32(25)3/h5-13H,4H2,1-3H3,(H,28,30,31). The summed E-state index contributed by atoms with van der Waals surface area (Å²) in [6.07, 6.45) is 10.3. The van der Waals surface area contributed by atoms with Crippen molar-refractivity contribution in [2.24, 2.45) is 7.05 Å². The monoisotopic (exact) mass is 451 g/mol. The van der Waals surface area contributed by atoms with Gasteiger partial charge in [0.25, 0.3) is 0 Å². The number of aryl methyl sites for hydroxylation is 3. The normalized spacial score (nSPS) is 11.6. The zero-order valence-corrected chi connectivity index (χ0v) is 19.3. The number of aromatic amines is 1. The van der Waals surface area contributed by atoms with Crippen LogP contribution in [0.25, 0.3) is 55.2 Å². The Morgan fingerprint density at radius 1 is 1.00 bits per heavy atom. The summed E-state index contributed by atoms with van der Waals surface area (Å²) in [5.41, 5.74) is 7.66. The smallest absolute Gasteiger partial charge is 0.162 e. The molecule has 7 nitrogen and oxygen atoms in total. The third kappa shape index (κ3) is 3.22. The van der Waals surface area contributed by atoms with Crippen LogP contribution in [0.5, 0.6) is 0 Å². The zero-order chi connectivity index (χ0) is 22.5. The number of imidazole rings is 1. The maximum absolute atomic E-state index is 5.03. The lowest BCUT2D eigenvalue weighted by Gasteiger charge is -2.04. The number of hydrogen-bond acceptors (Lipinski definition) is 6. The van der Waals surface area contributed by atoms with E-state index in [0.717, 1.165) is 61.6 Å². The molecule has 0 aliphatic heterocycles. The van der Waals surface area contributed by atoms with Crippen molar-refractivity contribution in [3.8, 4) is 33.1 Å². The summed E-state index contributed by atoms with van der Waals surface area (Å²) >= 11 is 1.75. The maximum atomic E-state index is 5.03. The van der Waals surface area contributed by atoms with Gasteiger partial charge in [-0.15, -0.1) is 11.3 Å². The van der Waals surface area contributed by atoms with Crippen LogP contribution in [-0.4, -0.2) is 34.7 Å². The highest BCUT2D eigenvalue weighted by atomic mass is 32.1. The number of hydrogen-bond donors (Lipinski definition) is 1. The fourth-order valence-electron chi connectivity index (χ4n) is 4.14. The lowest BCUT2D eigenvalue weighted by Crippen LogP contribution is -1.93. The predicted molar refractivity (Wildman–Crippen MR) is 132 cm³/mol. The molecule has 6 aromatic heterocycles. The molecule has 0 spiro atoms. The van der Waals surface area contributed by atoms with Gasteiger partial charge in [0.1, 0.15) is 11.2 Å². The molecule has 162 valence electrons. The number of fused-ring (bicyclic) bond motifs is 2. The number of nitrogens with one attached hydrogen (secondary N) is 1. The van der Waals surface area contributed by atoms with Crippen LogP contribution >= 0.6 is 11.3 Å². The molecule has 1 N–H and O–H groups in total. The second-order valence-corrected chi connectivity index (χ2v) is 9.38. The van der Waals surface area contributed by atoms with Crippen molar-refractivity contribution < 1.29 is 0 Å². The van der Waals surface area contributed by atoms with E-state index in [-0.39, 0.29) is 0 Å². The fourth-order valence-corrected chi connectivity index (χ4v) is 5.02. The summed E-state index contributed by atoms with van der Waals surface area (Å²) in [7, 11) is 2.00. The van der Waals surface area contributed by atoms with Crippen LogP contribution in [0.2, 0.25) is 0 Å². The molecule has 0 amide bonds. The Bertz CT molecular complexity index is 1640. The summed E-state index contributed by atoms with van der Waals surface area (Å²) in [6, 6.07) is 8.52. The summed E-state index contributed by atoms with van der Waals surface area (Å²) in [5.74, 6) is 0.776. The Morgan fingerprint density at radius 2 is 1.85 bits per heavy atom. The molecule has 6 heterocycles. The lowest BCUT2D eigenvalue weighted by molar-refractivity contribution is 0.943. The van der Waals surface area contributed by atoms with Crippen molar-refractivity contribution in [3.05, 3.63) is 65.7 Å². The van der Waals surface area contributed by atoms with Gasteiger partial charge >= 0.3 is 0 Å². The molecule has 0 aliphatic rings. The van der Waals surface area contributed by atoms with Gasteiger partial charge in [0.2, 0.25) is 0 Å². The highest BCUT2D eigenvalue weighted by Gasteiger charge is 2.20. The molecule has 0 saturated carbocycles. The number of thiophene rings is 1. The minimum atomic E-state index is 0.729. The zero-order valence-electron chi connectivity index (χ0n) is 18.5. The van der Waals surface area contributed by atoms with Crippen LogP contribution in [0, 0.1) is 6.92 Å². The van der Waals surface area contributed by atoms with Gasteiger partial charge in [-0.05, 0) is 43.2 Å². The van der Waals surface area contributed by atoms with Crippen LogP contribution < -0.4 is 0 Å². The number of rotatable bonds is 4. The first-order valence-electron chi connectivity index (χ1n) is 10.8. The highest BCUT2D eigenvalue weighted by molar-refractivity contribution is 7.15. The summed E-state index contributed by atoms with van der Waals surface area (Å²) in [5, 5.41) is 8.58. The van der Waals surface area contributed by atoms with Crippen LogP contribution in [0.3, 0.4) is 0 Å². The molecule has 8 heteroatoms. The van der Waals surface area contributed by atoms with E-state index in [9.17, 15) is 0 Å². The Labute approximate surface area is 194 Å². The summed E-state index contributed by atoms with van der Waals surface area (Å²) in [6.45, 7) is 4.24. The largest absolute Gasteiger partial charge is 0.324 e. The first kappa shape index (κ1) is 19.8. The number of aromatic nitrogens is 7. The van der Waals surface area contributed by atoms with E-state index < -0.39 is 0 Å². The van der Waals surface area contributed by atoms with Gasteiger partial charge in [0, 0.05) is 58.3 Å². The molecule has 0 aliphatic carbocycles. The van der Waals surface area contributed by atoms with Crippen molar-refractivity contribution in [1.29, 1.82) is 0 Å². The molecular formula is C25H21N7S. The maximum Gasteiger partial charge on any atom is 0.162 e. The van der Waals surface area contributed by atoms with Crippen molar-refractivity contribution in [2.45, 2.75) is 20.3 Å². The quantitative estimate of drug-likeness (QED) is 0.379.